The molecule has 2 aromatic rings. The summed E-state index contributed by atoms with van der Waals surface area (Å²) in [6.45, 7) is 1.55. The zero-order chi connectivity index (χ0) is 24.2. The fourth-order valence-corrected chi connectivity index (χ4v) is 5.55. The lowest BCUT2D eigenvalue weighted by atomic mass is 9.80. The van der Waals surface area contributed by atoms with Crippen molar-refractivity contribution in [3.8, 4) is 0 Å². The number of hydrogen-bond acceptors (Lipinski definition) is 4. The molecule has 2 aromatic carbocycles. The van der Waals surface area contributed by atoms with Crippen molar-refractivity contribution < 1.29 is 14.6 Å². The van der Waals surface area contributed by atoms with E-state index in [1.54, 1.807) is 7.11 Å². The second-order valence-corrected chi connectivity index (χ2v) is 10.0. The predicted molar refractivity (Wildman–Crippen MR) is 139 cm³/mol. The number of methoxy groups -OCH3 is 1. The van der Waals surface area contributed by atoms with Crippen molar-refractivity contribution in [2.24, 2.45) is 11.8 Å². The molecule has 0 aromatic heterocycles. The molecule has 2 N–H and O–H groups in total. The molecule has 34 heavy (non-hydrogen) atoms. The third kappa shape index (κ3) is 7.49. The molecule has 2 atom stereocenters. The average Bonchev–Trinajstić information content (AvgIpc) is 2.88. The van der Waals surface area contributed by atoms with Crippen LogP contribution in [0.4, 0.5) is 0 Å². The number of hydrogen-bond donors (Lipinski definition) is 2. The number of carbonyl (C=O) groups excluding carboxylic acids is 1. The highest BCUT2D eigenvalue weighted by Gasteiger charge is 2.31. The number of aliphatic hydroxyl groups is 1. The molecule has 4 heteroatoms. The van der Waals surface area contributed by atoms with Gasteiger partial charge in [-0.3, -0.25) is 4.79 Å². The Morgan fingerprint density at radius 1 is 1.06 bits per heavy atom. The van der Waals surface area contributed by atoms with Crippen LogP contribution in [0.3, 0.4) is 0 Å². The molecule has 0 amide bonds. The van der Waals surface area contributed by atoms with Crippen LogP contribution < -0.4 is 5.32 Å². The summed E-state index contributed by atoms with van der Waals surface area (Å²) in [6, 6.07) is 17.5. The number of nitrogens with one attached hydrogen (secondary N) is 1. The highest BCUT2D eigenvalue weighted by molar-refractivity contribution is 5.96. The summed E-state index contributed by atoms with van der Waals surface area (Å²) >= 11 is 0. The van der Waals surface area contributed by atoms with E-state index in [1.165, 1.54) is 32.1 Å². The molecular formula is C30H43NO3. The summed E-state index contributed by atoms with van der Waals surface area (Å²) in [5.74, 6) is 1.28. The standard InChI is InChI=1S/C30H43NO3/c1-31-23-25(20-24-12-5-3-6-13-24)21-29(32)26-14-11-17-28(22-26)30(33,18-9-10-19-34-2)27-15-7-4-8-16-27/h4,7-8,11,14-17,22,24-25,31,33H,3,5-6,9-10,12-13,18-21,23H2,1-2H3/t25-,30?/m1/s1. The first-order valence-corrected chi connectivity index (χ1v) is 13.1. The Morgan fingerprint density at radius 2 is 1.79 bits per heavy atom. The minimum atomic E-state index is -1.13. The summed E-state index contributed by atoms with van der Waals surface area (Å²) in [5.41, 5.74) is 1.23. The number of Topliss-reactive ketones (excluding diaryl/α,β-unsaturated/α-hetero) is 1. The van der Waals surface area contributed by atoms with Crippen molar-refractivity contribution in [2.75, 3.05) is 27.3 Å². The van der Waals surface area contributed by atoms with Gasteiger partial charge >= 0.3 is 0 Å². The van der Waals surface area contributed by atoms with Gasteiger partial charge in [-0.2, -0.15) is 0 Å². The number of ether oxygens (including phenoxy) is 1. The topological polar surface area (TPSA) is 58.6 Å². The van der Waals surface area contributed by atoms with E-state index in [0.717, 1.165) is 42.9 Å². The summed E-state index contributed by atoms with van der Waals surface area (Å²) < 4.78 is 5.20. The number of rotatable bonds is 14. The van der Waals surface area contributed by atoms with E-state index in [1.807, 2.05) is 61.6 Å². The van der Waals surface area contributed by atoms with Gasteiger partial charge in [0.2, 0.25) is 0 Å². The van der Waals surface area contributed by atoms with Gasteiger partial charge in [0.1, 0.15) is 5.60 Å². The lowest BCUT2D eigenvalue weighted by Gasteiger charge is -2.30. The Bertz CT molecular complexity index is 862. The molecule has 0 spiro atoms. The van der Waals surface area contributed by atoms with E-state index >= 15 is 0 Å². The maximum absolute atomic E-state index is 13.4. The first kappa shape index (κ1) is 26.6. The number of ketones is 1. The molecule has 186 valence electrons. The molecule has 0 bridgehead atoms. The molecule has 0 heterocycles. The summed E-state index contributed by atoms with van der Waals surface area (Å²) in [7, 11) is 3.68. The Balaban J connectivity index is 1.77. The molecule has 0 radical (unpaired) electrons. The predicted octanol–water partition coefficient (Wildman–Crippen LogP) is 6.12. The van der Waals surface area contributed by atoms with Gasteiger partial charge in [0, 0.05) is 25.7 Å². The summed E-state index contributed by atoms with van der Waals surface area (Å²) in [4.78, 5) is 13.4. The lowest BCUT2D eigenvalue weighted by molar-refractivity contribution is 0.0650. The van der Waals surface area contributed by atoms with Gasteiger partial charge in [0.15, 0.2) is 5.78 Å². The van der Waals surface area contributed by atoms with E-state index in [4.69, 9.17) is 4.74 Å². The second kappa shape index (κ2) is 13.8. The smallest absolute Gasteiger partial charge is 0.163 e. The number of carbonyl (C=O) groups is 1. The monoisotopic (exact) mass is 465 g/mol. The Hall–Kier alpha value is -2.01. The van der Waals surface area contributed by atoms with Gasteiger partial charge in [-0.25, -0.2) is 0 Å². The van der Waals surface area contributed by atoms with Gasteiger partial charge in [-0.15, -0.1) is 0 Å². The van der Waals surface area contributed by atoms with Crippen molar-refractivity contribution in [3.05, 3.63) is 71.3 Å². The van der Waals surface area contributed by atoms with Crippen molar-refractivity contribution in [2.45, 2.75) is 69.8 Å². The highest BCUT2D eigenvalue weighted by Crippen LogP contribution is 2.36. The van der Waals surface area contributed by atoms with Crippen LogP contribution >= 0.6 is 0 Å². The van der Waals surface area contributed by atoms with Crippen LogP contribution in [0.5, 0.6) is 0 Å². The van der Waals surface area contributed by atoms with Gasteiger partial charge in [0.25, 0.3) is 0 Å². The molecule has 1 aliphatic carbocycles. The minimum Gasteiger partial charge on any atom is -0.385 e. The summed E-state index contributed by atoms with van der Waals surface area (Å²) in [5, 5.41) is 15.2. The van der Waals surface area contributed by atoms with Crippen LogP contribution in [-0.2, 0) is 10.3 Å². The first-order chi connectivity index (χ1) is 16.6. The zero-order valence-electron chi connectivity index (χ0n) is 21.1. The molecule has 1 unspecified atom stereocenters. The molecular weight excluding hydrogens is 422 g/mol. The lowest BCUT2D eigenvalue weighted by Crippen LogP contribution is -2.28. The van der Waals surface area contributed by atoms with Crippen LogP contribution in [0.15, 0.2) is 54.6 Å². The van der Waals surface area contributed by atoms with E-state index in [9.17, 15) is 9.90 Å². The van der Waals surface area contributed by atoms with Crippen LogP contribution in [0, 0.1) is 11.8 Å². The third-order valence-electron chi connectivity index (χ3n) is 7.41. The Morgan fingerprint density at radius 3 is 2.50 bits per heavy atom. The summed E-state index contributed by atoms with van der Waals surface area (Å²) in [6.07, 6.45) is 10.6. The maximum Gasteiger partial charge on any atom is 0.163 e. The highest BCUT2D eigenvalue weighted by atomic mass is 16.5. The number of benzene rings is 2. The normalized spacial score (nSPS) is 17.3. The van der Waals surface area contributed by atoms with Crippen LogP contribution in [0.25, 0.3) is 0 Å². The van der Waals surface area contributed by atoms with Gasteiger partial charge in [-0.1, -0.05) is 80.6 Å². The van der Waals surface area contributed by atoms with E-state index in [0.29, 0.717) is 30.9 Å². The molecule has 3 rings (SSSR count). The SMILES string of the molecule is CNC[C@@H](CC(=O)c1cccc(C(O)(CCCCOC)c2ccccc2)c1)CC1CCCCC1. The van der Waals surface area contributed by atoms with E-state index in [-0.39, 0.29) is 5.78 Å². The third-order valence-corrected chi connectivity index (χ3v) is 7.41. The Labute approximate surface area is 206 Å². The van der Waals surface area contributed by atoms with Gasteiger partial charge < -0.3 is 15.2 Å². The maximum atomic E-state index is 13.4. The van der Waals surface area contributed by atoms with Gasteiger partial charge in [0.05, 0.1) is 0 Å². The molecule has 1 saturated carbocycles. The van der Waals surface area contributed by atoms with Crippen LogP contribution in [0.1, 0.15) is 85.7 Å². The quantitative estimate of drug-likeness (QED) is 0.261. The van der Waals surface area contributed by atoms with Crippen LogP contribution in [0.2, 0.25) is 0 Å². The van der Waals surface area contributed by atoms with E-state index in [2.05, 4.69) is 5.32 Å². The molecule has 1 fully saturated rings. The average molecular weight is 466 g/mol. The molecule has 0 aliphatic heterocycles. The minimum absolute atomic E-state index is 0.174. The fraction of sp³-hybridized carbons (Fsp3) is 0.567. The Kier molecular flexibility index (Phi) is 10.8. The van der Waals surface area contributed by atoms with Crippen LogP contribution in [-0.4, -0.2) is 38.2 Å². The zero-order valence-corrected chi connectivity index (χ0v) is 21.1. The first-order valence-electron chi connectivity index (χ1n) is 13.1. The fourth-order valence-electron chi connectivity index (χ4n) is 5.55. The molecule has 0 saturated heterocycles. The van der Waals surface area contributed by atoms with Gasteiger partial charge in [-0.05, 0) is 68.3 Å². The van der Waals surface area contributed by atoms with Crippen molar-refractivity contribution in [3.63, 3.8) is 0 Å². The molecule has 4 nitrogen and oxygen atoms in total. The molecule has 1 aliphatic rings. The van der Waals surface area contributed by atoms with E-state index < -0.39 is 5.60 Å². The second-order valence-electron chi connectivity index (χ2n) is 10.0. The van der Waals surface area contributed by atoms with Crippen molar-refractivity contribution in [1.82, 2.24) is 5.32 Å². The van der Waals surface area contributed by atoms with Crippen molar-refractivity contribution >= 4 is 5.78 Å². The largest absolute Gasteiger partial charge is 0.385 e. The number of unbranched alkanes of at least 4 members (excludes halogenated alkanes) is 1. The van der Waals surface area contributed by atoms with Crippen molar-refractivity contribution in [1.29, 1.82) is 0 Å².